The lowest BCUT2D eigenvalue weighted by Crippen LogP contribution is -2.46. The lowest BCUT2D eigenvalue weighted by atomic mass is 10.1. The second-order valence-corrected chi connectivity index (χ2v) is 5.14. The van der Waals surface area contributed by atoms with Crippen LogP contribution in [0.15, 0.2) is 17.1 Å². The molecule has 0 aliphatic carbocycles. The van der Waals surface area contributed by atoms with Gasteiger partial charge >= 0.3 is 0 Å². The van der Waals surface area contributed by atoms with Crippen molar-refractivity contribution in [1.82, 2.24) is 10.3 Å². The lowest BCUT2D eigenvalue weighted by Gasteiger charge is -2.38. The van der Waals surface area contributed by atoms with Crippen molar-refractivity contribution < 1.29 is 4.74 Å². The predicted octanol–water partition coefficient (Wildman–Crippen LogP) is 0.773. The first-order chi connectivity index (χ1) is 9.63. The Balaban J connectivity index is 1.80. The van der Waals surface area contributed by atoms with Crippen LogP contribution < -0.4 is 20.7 Å². The van der Waals surface area contributed by atoms with E-state index < -0.39 is 0 Å². The van der Waals surface area contributed by atoms with Crippen LogP contribution in [0.5, 0.6) is 5.75 Å². The van der Waals surface area contributed by atoms with E-state index in [0.29, 0.717) is 24.8 Å². The maximum absolute atomic E-state index is 12.0. The highest BCUT2D eigenvalue weighted by Crippen LogP contribution is 2.37. The Labute approximate surface area is 117 Å². The second-order valence-electron chi connectivity index (χ2n) is 5.14. The van der Waals surface area contributed by atoms with Crippen molar-refractivity contribution in [3.63, 3.8) is 0 Å². The summed E-state index contributed by atoms with van der Waals surface area (Å²) in [7, 11) is 3.97. The van der Waals surface area contributed by atoms with E-state index in [1.165, 1.54) is 0 Å². The number of nitrogens with one attached hydrogen (secondary N) is 2. The Morgan fingerprint density at radius 1 is 1.45 bits per heavy atom. The van der Waals surface area contributed by atoms with E-state index >= 15 is 0 Å². The molecule has 0 spiro atoms. The fourth-order valence-corrected chi connectivity index (χ4v) is 2.23. The first-order valence-electron chi connectivity index (χ1n) is 6.63. The number of rotatable bonds is 3. The molecule has 0 saturated carbocycles. The summed E-state index contributed by atoms with van der Waals surface area (Å²) in [5, 5.41) is 15.9. The van der Waals surface area contributed by atoms with Gasteiger partial charge < -0.3 is 25.3 Å². The molecule has 1 aromatic rings. The van der Waals surface area contributed by atoms with Gasteiger partial charge in [-0.25, -0.2) is 0 Å². The highest BCUT2D eigenvalue weighted by molar-refractivity contribution is 6.01. The van der Waals surface area contributed by atoms with Gasteiger partial charge in [-0.1, -0.05) is 0 Å². The van der Waals surface area contributed by atoms with Crippen LogP contribution in [0.4, 0.5) is 11.4 Å². The van der Waals surface area contributed by atoms with Crippen LogP contribution >= 0.6 is 0 Å². The van der Waals surface area contributed by atoms with Gasteiger partial charge in [-0.15, -0.1) is 0 Å². The van der Waals surface area contributed by atoms with E-state index in [0.717, 1.165) is 35.1 Å². The van der Waals surface area contributed by atoms with E-state index in [1.807, 2.05) is 31.1 Å². The topological polar surface area (TPSA) is 75.2 Å². The zero-order valence-electron chi connectivity index (χ0n) is 11.6. The summed E-state index contributed by atoms with van der Waals surface area (Å²) in [5.74, 6) is 1.31. The Bertz CT molecular complexity index is 544. The SMILES string of the molecule is CN(C)CCN=C1Nc2cc3c(cc2N([O-])N1)CCO3. The van der Waals surface area contributed by atoms with Gasteiger partial charge in [0.25, 0.3) is 0 Å². The molecule has 0 fully saturated rings. The third-order valence-corrected chi connectivity index (χ3v) is 3.30. The van der Waals surface area contributed by atoms with E-state index in [1.54, 1.807) is 0 Å². The van der Waals surface area contributed by atoms with Gasteiger partial charge in [0.2, 0.25) is 5.96 Å². The minimum atomic E-state index is 0.465. The molecular weight excluding hydrogens is 258 g/mol. The normalized spacial score (nSPS) is 18.4. The number of anilines is 2. The van der Waals surface area contributed by atoms with Crippen molar-refractivity contribution in [3.8, 4) is 5.75 Å². The molecule has 0 amide bonds. The third-order valence-electron chi connectivity index (χ3n) is 3.30. The molecule has 2 aliphatic rings. The van der Waals surface area contributed by atoms with Gasteiger partial charge in [-0.2, -0.15) is 0 Å². The number of hydrazine groups is 1. The molecule has 0 atom stereocenters. The summed E-state index contributed by atoms with van der Waals surface area (Å²) in [6, 6.07) is 3.73. The van der Waals surface area contributed by atoms with Crippen molar-refractivity contribution in [2.75, 3.05) is 44.3 Å². The summed E-state index contributed by atoms with van der Waals surface area (Å²) in [5.41, 5.74) is 5.06. The molecule has 3 rings (SSSR count). The van der Waals surface area contributed by atoms with Gasteiger partial charge in [0, 0.05) is 19.0 Å². The van der Waals surface area contributed by atoms with Crippen molar-refractivity contribution in [2.24, 2.45) is 4.99 Å². The first-order valence-corrected chi connectivity index (χ1v) is 6.63. The smallest absolute Gasteiger partial charge is 0.214 e. The van der Waals surface area contributed by atoms with Crippen molar-refractivity contribution in [2.45, 2.75) is 6.42 Å². The molecule has 1 aromatic carbocycles. The minimum Gasteiger partial charge on any atom is -0.739 e. The van der Waals surface area contributed by atoms with Crippen LogP contribution in [0.3, 0.4) is 0 Å². The summed E-state index contributed by atoms with van der Waals surface area (Å²) in [6.07, 6.45) is 0.847. The maximum Gasteiger partial charge on any atom is 0.214 e. The molecule has 7 nitrogen and oxygen atoms in total. The predicted molar refractivity (Wildman–Crippen MR) is 79.1 cm³/mol. The quantitative estimate of drug-likeness (QED) is 0.849. The van der Waals surface area contributed by atoms with Crippen molar-refractivity contribution in [1.29, 1.82) is 0 Å². The average molecular weight is 276 g/mol. The maximum atomic E-state index is 12.0. The van der Waals surface area contributed by atoms with Crippen molar-refractivity contribution in [3.05, 3.63) is 22.9 Å². The molecule has 0 bridgehead atoms. The van der Waals surface area contributed by atoms with Crippen LogP contribution in [0, 0.1) is 5.21 Å². The molecule has 2 N–H and O–H groups in total. The number of aliphatic imine (C=N–C) groups is 1. The first kappa shape index (κ1) is 13.0. The Kier molecular flexibility index (Phi) is 3.37. The average Bonchev–Trinajstić information content (AvgIpc) is 2.83. The number of hydrogen-bond acceptors (Lipinski definition) is 5. The third kappa shape index (κ3) is 2.50. The molecule has 0 aromatic heterocycles. The molecule has 2 heterocycles. The Morgan fingerprint density at radius 3 is 3.10 bits per heavy atom. The molecule has 0 radical (unpaired) electrons. The van der Waals surface area contributed by atoms with Crippen LogP contribution in [-0.4, -0.2) is 44.7 Å². The van der Waals surface area contributed by atoms with E-state index in [-0.39, 0.29) is 0 Å². The number of guanidine groups is 1. The van der Waals surface area contributed by atoms with Gasteiger partial charge in [-0.05, 0) is 25.7 Å². The van der Waals surface area contributed by atoms with Gasteiger partial charge in [0.05, 0.1) is 24.5 Å². The zero-order valence-corrected chi connectivity index (χ0v) is 11.6. The summed E-state index contributed by atoms with van der Waals surface area (Å²) in [6.45, 7) is 2.12. The number of likely N-dealkylation sites (N-methyl/N-ethyl adjacent to an activating group) is 1. The Hall–Kier alpha value is -1.99. The molecular formula is C13H18N5O2-. The van der Waals surface area contributed by atoms with Gasteiger partial charge in [0.1, 0.15) is 5.75 Å². The molecule has 108 valence electrons. The molecule has 0 saturated heterocycles. The molecule has 2 aliphatic heterocycles. The van der Waals surface area contributed by atoms with Gasteiger partial charge in [0.15, 0.2) is 0 Å². The summed E-state index contributed by atoms with van der Waals surface area (Å²) >= 11 is 0. The second kappa shape index (κ2) is 5.18. The number of benzene rings is 1. The van der Waals surface area contributed by atoms with Crippen LogP contribution in [-0.2, 0) is 6.42 Å². The fraction of sp³-hybridized carbons (Fsp3) is 0.462. The fourth-order valence-electron chi connectivity index (χ4n) is 2.23. The summed E-state index contributed by atoms with van der Waals surface area (Å²) < 4.78 is 5.52. The molecule has 20 heavy (non-hydrogen) atoms. The number of ether oxygens (including phenoxy) is 1. The van der Waals surface area contributed by atoms with Crippen molar-refractivity contribution >= 4 is 17.3 Å². The minimum absolute atomic E-state index is 0.465. The van der Waals surface area contributed by atoms with E-state index in [9.17, 15) is 5.21 Å². The van der Waals surface area contributed by atoms with Gasteiger partial charge in [-0.3, -0.25) is 10.4 Å². The van der Waals surface area contributed by atoms with E-state index in [2.05, 4.69) is 15.7 Å². The number of hydrogen-bond donors (Lipinski definition) is 2. The molecule has 0 unspecified atom stereocenters. The summed E-state index contributed by atoms with van der Waals surface area (Å²) in [4.78, 5) is 6.37. The Morgan fingerprint density at radius 2 is 2.30 bits per heavy atom. The molecule has 7 heteroatoms. The number of fused-ring (bicyclic) bond motifs is 2. The highest BCUT2D eigenvalue weighted by atomic mass is 16.5. The van der Waals surface area contributed by atoms with Crippen LogP contribution in [0.1, 0.15) is 5.56 Å². The monoisotopic (exact) mass is 276 g/mol. The lowest BCUT2D eigenvalue weighted by molar-refractivity contribution is 0.357. The van der Waals surface area contributed by atoms with Crippen LogP contribution in [0.25, 0.3) is 0 Å². The highest BCUT2D eigenvalue weighted by Gasteiger charge is 2.20. The zero-order chi connectivity index (χ0) is 14.1. The largest absolute Gasteiger partial charge is 0.739 e. The standard InChI is InChI=1S/C13H18N5O2/c1-17(2)5-4-14-13-15-10-8-12-9(3-6-20-12)7-11(10)18(19)16-13/h7-8H,3-6H2,1-2H3,(H2,14,15,16)/q-1. The van der Waals surface area contributed by atoms with Crippen LogP contribution in [0.2, 0.25) is 0 Å². The number of nitrogens with zero attached hydrogens (tertiary/aromatic N) is 3. The van der Waals surface area contributed by atoms with E-state index in [4.69, 9.17) is 4.74 Å².